The molecule has 5 heteroatoms. The van der Waals surface area contributed by atoms with Gasteiger partial charge >= 0.3 is 0 Å². The summed E-state index contributed by atoms with van der Waals surface area (Å²) in [5, 5.41) is 5.59. The Kier molecular flexibility index (Phi) is 3.52. The number of anilines is 1. The molecule has 3 aromatic rings. The molecule has 0 unspecified atom stereocenters. The summed E-state index contributed by atoms with van der Waals surface area (Å²) in [6, 6.07) is 6.13. The van der Waals surface area contributed by atoms with Gasteiger partial charge in [-0.15, -0.1) is 11.3 Å². The standard InChI is InChI=1S/C15H16N4S/c1-11-5-9-20-14(11)10-18-13-4-3-6-17-15(13)19-8-7-16-12(19)2/h3-9,18H,10H2,1-2H3. The molecule has 0 saturated heterocycles. The number of hydrogen-bond donors (Lipinski definition) is 1. The van der Waals surface area contributed by atoms with Gasteiger partial charge in [-0.3, -0.25) is 4.57 Å². The minimum atomic E-state index is 0.815. The van der Waals surface area contributed by atoms with Gasteiger partial charge in [0.15, 0.2) is 5.82 Å². The fourth-order valence-electron chi connectivity index (χ4n) is 2.09. The normalized spacial score (nSPS) is 10.7. The van der Waals surface area contributed by atoms with Crippen molar-refractivity contribution in [3.63, 3.8) is 0 Å². The van der Waals surface area contributed by atoms with Crippen LogP contribution < -0.4 is 5.32 Å². The molecule has 0 aliphatic rings. The Bertz CT molecular complexity index is 714. The lowest BCUT2D eigenvalue weighted by atomic mass is 10.3. The van der Waals surface area contributed by atoms with E-state index in [-0.39, 0.29) is 0 Å². The molecule has 3 heterocycles. The first-order valence-corrected chi connectivity index (χ1v) is 7.36. The van der Waals surface area contributed by atoms with E-state index < -0.39 is 0 Å². The summed E-state index contributed by atoms with van der Waals surface area (Å²) in [6.45, 7) is 4.93. The summed E-state index contributed by atoms with van der Waals surface area (Å²) >= 11 is 1.77. The Labute approximate surface area is 122 Å². The zero-order valence-corrected chi connectivity index (χ0v) is 12.3. The Hall–Kier alpha value is -2.14. The molecule has 102 valence electrons. The predicted octanol–water partition coefficient (Wildman–Crippen LogP) is 3.56. The highest BCUT2D eigenvalue weighted by molar-refractivity contribution is 7.10. The molecule has 0 aliphatic carbocycles. The van der Waals surface area contributed by atoms with Crippen LogP contribution in [-0.2, 0) is 6.54 Å². The van der Waals surface area contributed by atoms with Crippen molar-refractivity contribution >= 4 is 17.0 Å². The van der Waals surface area contributed by atoms with Crippen molar-refractivity contribution in [3.8, 4) is 5.82 Å². The third kappa shape index (κ3) is 2.44. The summed E-state index contributed by atoms with van der Waals surface area (Å²) in [7, 11) is 0. The summed E-state index contributed by atoms with van der Waals surface area (Å²) in [5.41, 5.74) is 2.34. The van der Waals surface area contributed by atoms with Gasteiger partial charge in [0.05, 0.1) is 5.69 Å². The topological polar surface area (TPSA) is 42.7 Å². The molecule has 1 N–H and O–H groups in total. The van der Waals surface area contributed by atoms with Crippen LogP contribution in [0.2, 0.25) is 0 Å². The second-order valence-corrected chi connectivity index (χ2v) is 5.60. The van der Waals surface area contributed by atoms with Gasteiger partial charge in [-0.05, 0) is 43.0 Å². The summed E-state index contributed by atoms with van der Waals surface area (Å²) < 4.78 is 1.99. The van der Waals surface area contributed by atoms with Gasteiger partial charge in [-0.25, -0.2) is 9.97 Å². The smallest absolute Gasteiger partial charge is 0.161 e. The average Bonchev–Trinajstić information content (AvgIpc) is 3.06. The largest absolute Gasteiger partial charge is 0.377 e. The number of imidazole rings is 1. The minimum absolute atomic E-state index is 0.815. The van der Waals surface area contributed by atoms with Gasteiger partial charge in [0, 0.05) is 30.0 Å². The molecular formula is C15H16N4S. The van der Waals surface area contributed by atoms with Gasteiger partial charge in [-0.2, -0.15) is 0 Å². The van der Waals surface area contributed by atoms with Crippen LogP contribution in [0.4, 0.5) is 5.69 Å². The number of pyridine rings is 1. The Balaban J connectivity index is 1.87. The van der Waals surface area contributed by atoms with Crippen molar-refractivity contribution in [1.29, 1.82) is 0 Å². The predicted molar refractivity (Wildman–Crippen MR) is 82.5 cm³/mol. The third-order valence-corrected chi connectivity index (χ3v) is 4.27. The number of aryl methyl sites for hydroxylation is 2. The molecule has 20 heavy (non-hydrogen) atoms. The highest BCUT2D eigenvalue weighted by Crippen LogP contribution is 2.21. The summed E-state index contributed by atoms with van der Waals surface area (Å²) in [4.78, 5) is 10.1. The molecule has 0 fully saturated rings. The number of thiophene rings is 1. The SMILES string of the molecule is Cc1ccsc1CNc1cccnc1-n1ccnc1C. The average molecular weight is 284 g/mol. The molecule has 0 atom stereocenters. The van der Waals surface area contributed by atoms with E-state index >= 15 is 0 Å². The van der Waals surface area contributed by atoms with E-state index in [0.29, 0.717) is 0 Å². The third-order valence-electron chi connectivity index (χ3n) is 3.25. The quantitative estimate of drug-likeness (QED) is 0.796. The van der Waals surface area contributed by atoms with Crippen LogP contribution in [0.3, 0.4) is 0 Å². The van der Waals surface area contributed by atoms with Crippen LogP contribution in [-0.4, -0.2) is 14.5 Å². The van der Waals surface area contributed by atoms with Crippen LogP contribution in [0, 0.1) is 13.8 Å². The number of nitrogens with one attached hydrogen (secondary N) is 1. The van der Waals surface area contributed by atoms with Gasteiger partial charge in [0.2, 0.25) is 0 Å². The molecule has 0 aromatic carbocycles. The van der Waals surface area contributed by atoms with E-state index in [1.165, 1.54) is 10.4 Å². The number of nitrogens with zero attached hydrogens (tertiary/aromatic N) is 3. The van der Waals surface area contributed by atoms with Crippen LogP contribution in [0.15, 0.2) is 42.2 Å². The first-order chi connectivity index (χ1) is 9.75. The highest BCUT2D eigenvalue weighted by Gasteiger charge is 2.08. The van der Waals surface area contributed by atoms with E-state index in [1.54, 1.807) is 23.7 Å². The van der Waals surface area contributed by atoms with Crippen LogP contribution >= 0.6 is 11.3 Å². The maximum atomic E-state index is 4.47. The molecule has 0 spiro atoms. The van der Waals surface area contributed by atoms with Crippen LogP contribution in [0.5, 0.6) is 0 Å². The zero-order chi connectivity index (χ0) is 13.9. The van der Waals surface area contributed by atoms with E-state index in [9.17, 15) is 0 Å². The lowest BCUT2D eigenvalue weighted by Gasteiger charge is -2.12. The second kappa shape index (κ2) is 5.46. The van der Waals surface area contributed by atoms with Crippen molar-refractivity contribution < 1.29 is 0 Å². The van der Waals surface area contributed by atoms with Crippen LogP contribution in [0.25, 0.3) is 5.82 Å². The number of hydrogen-bond acceptors (Lipinski definition) is 4. The summed E-state index contributed by atoms with van der Waals surface area (Å²) in [6.07, 6.45) is 5.52. The van der Waals surface area contributed by atoms with Gasteiger partial charge in [0.1, 0.15) is 5.82 Å². The van der Waals surface area contributed by atoms with Crippen molar-refractivity contribution in [3.05, 3.63) is 58.4 Å². The Morgan fingerprint density at radius 3 is 2.80 bits per heavy atom. The van der Waals surface area contributed by atoms with Crippen LogP contribution in [0.1, 0.15) is 16.3 Å². The molecule has 4 nitrogen and oxygen atoms in total. The van der Waals surface area contributed by atoms with Crippen molar-refractivity contribution in [1.82, 2.24) is 14.5 Å². The fraction of sp³-hybridized carbons (Fsp3) is 0.200. The highest BCUT2D eigenvalue weighted by atomic mass is 32.1. The maximum absolute atomic E-state index is 4.47. The first-order valence-electron chi connectivity index (χ1n) is 6.48. The molecule has 0 saturated carbocycles. The van der Waals surface area contributed by atoms with E-state index in [1.807, 2.05) is 29.8 Å². The second-order valence-electron chi connectivity index (χ2n) is 4.60. The maximum Gasteiger partial charge on any atom is 0.161 e. The van der Waals surface area contributed by atoms with E-state index in [2.05, 4.69) is 33.7 Å². The Morgan fingerprint density at radius 1 is 1.20 bits per heavy atom. The zero-order valence-electron chi connectivity index (χ0n) is 11.5. The monoisotopic (exact) mass is 284 g/mol. The molecule has 0 amide bonds. The fourth-order valence-corrected chi connectivity index (χ4v) is 2.94. The molecule has 0 bridgehead atoms. The molecule has 3 aromatic heterocycles. The van der Waals surface area contributed by atoms with Gasteiger partial charge in [-0.1, -0.05) is 0 Å². The van der Waals surface area contributed by atoms with Crippen molar-refractivity contribution in [2.75, 3.05) is 5.32 Å². The molecular weight excluding hydrogens is 268 g/mol. The molecule has 0 aliphatic heterocycles. The van der Waals surface area contributed by atoms with Gasteiger partial charge < -0.3 is 5.32 Å². The van der Waals surface area contributed by atoms with E-state index in [0.717, 1.165) is 23.9 Å². The van der Waals surface area contributed by atoms with Crippen molar-refractivity contribution in [2.45, 2.75) is 20.4 Å². The number of aromatic nitrogens is 3. The summed E-state index contributed by atoms with van der Waals surface area (Å²) in [5.74, 6) is 1.82. The number of rotatable bonds is 4. The minimum Gasteiger partial charge on any atom is -0.377 e. The first kappa shape index (κ1) is 12.9. The Morgan fingerprint density at radius 2 is 2.10 bits per heavy atom. The van der Waals surface area contributed by atoms with Gasteiger partial charge in [0.25, 0.3) is 0 Å². The van der Waals surface area contributed by atoms with Crippen molar-refractivity contribution in [2.24, 2.45) is 0 Å². The molecule has 0 radical (unpaired) electrons. The lowest BCUT2D eigenvalue weighted by molar-refractivity contribution is 0.929. The van der Waals surface area contributed by atoms with E-state index in [4.69, 9.17) is 0 Å². The lowest BCUT2D eigenvalue weighted by Crippen LogP contribution is -2.06. The molecule has 3 rings (SSSR count).